The standard InChI is InChI=1S/C17H18F3N3O2/c18-17(19,20)13-9-5-4-8-12(13)15(24)21-10-14-22-16(25-23-14)11-6-2-1-3-7-11/h4-5,8-9,11H,1-3,6-7,10H2,(H,21,24). The van der Waals surface area contributed by atoms with Crippen molar-refractivity contribution < 1.29 is 22.5 Å². The third-order valence-corrected chi connectivity index (χ3v) is 4.32. The predicted molar refractivity (Wildman–Crippen MR) is 82.7 cm³/mol. The first-order chi connectivity index (χ1) is 11.9. The van der Waals surface area contributed by atoms with E-state index >= 15 is 0 Å². The molecule has 1 heterocycles. The molecule has 3 rings (SSSR count). The molecule has 0 spiro atoms. The SMILES string of the molecule is O=C(NCc1noc(C2CCCCC2)n1)c1ccccc1C(F)(F)F. The molecule has 0 bridgehead atoms. The van der Waals surface area contributed by atoms with Gasteiger partial charge in [-0.2, -0.15) is 18.2 Å². The number of nitrogens with one attached hydrogen (secondary N) is 1. The van der Waals surface area contributed by atoms with Crippen LogP contribution in [0.15, 0.2) is 28.8 Å². The minimum absolute atomic E-state index is 0.0821. The maximum absolute atomic E-state index is 13.0. The summed E-state index contributed by atoms with van der Waals surface area (Å²) in [6.45, 7) is -0.0821. The zero-order chi connectivity index (χ0) is 17.9. The highest BCUT2D eigenvalue weighted by atomic mass is 19.4. The van der Waals surface area contributed by atoms with E-state index in [9.17, 15) is 18.0 Å². The van der Waals surface area contributed by atoms with Gasteiger partial charge in [-0.05, 0) is 25.0 Å². The molecular formula is C17H18F3N3O2. The largest absolute Gasteiger partial charge is 0.417 e. The highest BCUT2D eigenvalue weighted by molar-refractivity contribution is 5.95. The van der Waals surface area contributed by atoms with Gasteiger partial charge in [-0.15, -0.1) is 0 Å². The molecule has 0 saturated heterocycles. The van der Waals surface area contributed by atoms with E-state index in [0.29, 0.717) is 5.89 Å². The molecule has 1 fully saturated rings. The number of nitrogens with zero attached hydrogens (tertiary/aromatic N) is 2. The van der Waals surface area contributed by atoms with E-state index < -0.39 is 23.2 Å². The van der Waals surface area contributed by atoms with Crippen LogP contribution in [0.2, 0.25) is 0 Å². The number of carbonyl (C=O) groups is 1. The molecule has 1 saturated carbocycles. The van der Waals surface area contributed by atoms with Crippen molar-refractivity contribution in [2.24, 2.45) is 0 Å². The first-order valence-electron chi connectivity index (χ1n) is 8.22. The van der Waals surface area contributed by atoms with Crippen LogP contribution in [0.25, 0.3) is 0 Å². The average molecular weight is 353 g/mol. The number of benzene rings is 1. The summed E-state index contributed by atoms with van der Waals surface area (Å²) in [5.41, 5.74) is -1.39. The molecule has 134 valence electrons. The van der Waals surface area contributed by atoms with Gasteiger partial charge >= 0.3 is 6.18 Å². The molecule has 1 N–H and O–H groups in total. The Morgan fingerprint density at radius 3 is 2.64 bits per heavy atom. The quantitative estimate of drug-likeness (QED) is 0.900. The number of hydrogen-bond donors (Lipinski definition) is 1. The van der Waals surface area contributed by atoms with Gasteiger partial charge in [0.1, 0.15) is 0 Å². The van der Waals surface area contributed by atoms with E-state index in [-0.39, 0.29) is 18.3 Å². The van der Waals surface area contributed by atoms with E-state index in [2.05, 4.69) is 15.5 Å². The van der Waals surface area contributed by atoms with Crippen molar-refractivity contribution in [1.82, 2.24) is 15.5 Å². The second-order valence-corrected chi connectivity index (χ2v) is 6.11. The van der Waals surface area contributed by atoms with Gasteiger partial charge in [0.05, 0.1) is 17.7 Å². The molecule has 1 aromatic heterocycles. The Labute approximate surface area is 142 Å². The Morgan fingerprint density at radius 1 is 1.20 bits per heavy atom. The molecule has 1 amide bonds. The van der Waals surface area contributed by atoms with Crippen LogP contribution in [-0.2, 0) is 12.7 Å². The molecule has 25 heavy (non-hydrogen) atoms. The van der Waals surface area contributed by atoms with Gasteiger partial charge in [-0.25, -0.2) is 0 Å². The fourth-order valence-electron chi connectivity index (χ4n) is 3.04. The Bertz CT molecular complexity index is 737. The summed E-state index contributed by atoms with van der Waals surface area (Å²) >= 11 is 0. The Kier molecular flexibility index (Phi) is 5.06. The van der Waals surface area contributed by atoms with E-state index in [1.54, 1.807) is 0 Å². The molecule has 1 aliphatic carbocycles. The molecule has 5 nitrogen and oxygen atoms in total. The average Bonchev–Trinajstić information content (AvgIpc) is 3.09. The lowest BCUT2D eigenvalue weighted by molar-refractivity contribution is -0.137. The third-order valence-electron chi connectivity index (χ3n) is 4.32. The highest BCUT2D eigenvalue weighted by Crippen LogP contribution is 2.32. The van der Waals surface area contributed by atoms with Crippen LogP contribution in [-0.4, -0.2) is 16.0 Å². The summed E-state index contributed by atoms with van der Waals surface area (Å²) in [6.07, 6.45) is 0.834. The molecule has 0 radical (unpaired) electrons. The van der Waals surface area contributed by atoms with Crippen LogP contribution >= 0.6 is 0 Å². The molecule has 0 atom stereocenters. The molecule has 1 aromatic carbocycles. The molecule has 0 aliphatic heterocycles. The smallest absolute Gasteiger partial charge is 0.345 e. The van der Waals surface area contributed by atoms with Crippen LogP contribution in [0.4, 0.5) is 13.2 Å². The number of halogens is 3. The Hall–Kier alpha value is -2.38. The van der Waals surface area contributed by atoms with Crippen molar-refractivity contribution in [2.45, 2.75) is 50.7 Å². The molecule has 2 aromatic rings. The maximum atomic E-state index is 13.0. The summed E-state index contributed by atoms with van der Waals surface area (Å²) in [5.74, 6) is 0.214. The lowest BCUT2D eigenvalue weighted by Crippen LogP contribution is -2.26. The molecule has 0 unspecified atom stereocenters. The van der Waals surface area contributed by atoms with Crippen molar-refractivity contribution in [3.8, 4) is 0 Å². The first kappa shape index (κ1) is 17.4. The van der Waals surface area contributed by atoms with Crippen molar-refractivity contribution in [2.75, 3.05) is 0 Å². The van der Waals surface area contributed by atoms with Gasteiger partial charge in [0.25, 0.3) is 5.91 Å². The summed E-state index contributed by atoms with van der Waals surface area (Å²) in [7, 11) is 0. The van der Waals surface area contributed by atoms with Crippen molar-refractivity contribution in [1.29, 1.82) is 0 Å². The van der Waals surface area contributed by atoms with Crippen molar-refractivity contribution in [3.63, 3.8) is 0 Å². The third kappa shape index (κ3) is 4.18. The lowest BCUT2D eigenvalue weighted by atomic mass is 9.89. The van der Waals surface area contributed by atoms with E-state index in [1.807, 2.05) is 0 Å². The normalized spacial score (nSPS) is 16.0. The zero-order valence-corrected chi connectivity index (χ0v) is 13.5. The van der Waals surface area contributed by atoms with Gasteiger partial charge in [0.2, 0.25) is 5.89 Å². The number of carbonyl (C=O) groups excluding carboxylic acids is 1. The lowest BCUT2D eigenvalue weighted by Gasteiger charge is -2.17. The summed E-state index contributed by atoms with van der Waals surface area (Å²) in [4.78, 5) is 16.4. The summed E-state index contributed by atoms with van der Waals surface area (Å²) < 4.78 is 44.1. The summed E-state index contributed by atoms with van der Waals surface area (Å²) in [5, 5.41) is 6.23. The van der Waals surface area contributed by atoms with Crippen LogP contribution in [0.1, 0.15) is 65.7 Å². The topological polar surface area (TPSA) is 68.0 Å². The van der Waals surface area contributed by atoms with Gasteiger partial charge < -0.3 is 9.84 Å². The Morgan fingerprint density at radius 2 is 1.92 bits per heavy atom. The van der Waals surface area contributed by atoms with Crippen molar-refractivity contribution >= 4 is 5.91 Å². The van der Waals surface area contributed by atoms with E-state index in [4.69, 9.17) is 4.52 Å². The number of hydrogen-bond acceptors (Lipinski definition) is 4. The minimum atomic E-state index is -4.59. The van der Waals surface area contributed by atoms with Crippen LogP contribution in [0, 0.1) is 0 Å². The summed E-state index contributed by atoms with van der Waals surface area (Å²) in [6, 6.07) is 4.65. The van der Waals surface area contributed by atoms with Crippen molar-refractivity contribution in [3.05, 3.63) is 47.1 Å². The number of rotatable bonds is 4. The van der Waals surface area contributed by atoms with E-state index in [1.165, 1.54) is 18.6 Å². The fourth-order valence-corrected chi connectivity index (χ4v) is 3.04. The zero-order valence-electron chi connectivity index (χ0n) is 13.5. The Balaban J connectivity index is 1.64. The fraction of sp³-hybridized carbons (Fsp3) is 0.471. The van der Waals surface area contributed by atoms with Crippen LogP contribution < -0.4 is 5.32 Å². The first-order valence-corrected chi connectivity index (χ1v) is 8.22. The second-order valence-electron chi connectivity index (χ2n) is 6.11. The van der Waals surface area contributed by atoms with Crippen LogP contribution in [0.3, 0.4) is 0 Å². The monoisotopic (exact) mass is 353 g/mol. The van der Waals surface area contributed by atoms with Gasteiger partial charge in [0, 0.05) is 5.92 Å². The molecule has 8 heteroatoms. The predicted octanol–water partition coefficient (Wildman–Crippen LogP) is 4.07. The highest BCUT2D eigenvalue weighted by Gasteiger charge is 2.34. The van der Waals surface area contributed by atoms with Gasteiger partial charge in [0.15, 0.2) is 5.82 Å². The number of amides is 1. The van der Waals surface area contributed by atoms with E-state index in [0.717, 1.165) is 37.8 Å². The minimum Gasteiger partial charge on any atom is -0.345 e. The second kappa shape index (κ2) is 7.25. The molecular weight excluding hydrogens is 335 g/mol. The number of alkyl halides is 3. The number of aromatic nitrogens is 2. The van der Waals surface area contributed by atoms with Gasteiger partial charge in [-0.3, -0.25) is 4.79 Å². The molecule has 1 aliphatic rings. The van der Waals surface area contributed by atoms with Gasteiger partial charge in [-0.1, -0.05) is 36.6 Å². The maximum Gasteiger partial charge on any atom is 0.417 e. The van der Waals surface area contributed by atoms with Crippen LogP contribution in [0.5, 0.6) is 0 Å².